The van der Waals surface area contributed by atoms with Crippen molar-refractivity contribution >= 4 is 0 Å². The molecule has 0 aliphatic carbocycles. The highest BCUT2D eigenvalue weighted by Gasteiger charge is 2.24. The number of nitrogens with one attached hydrogen (secondary N) is 1. The van der Waals surface area contributed by atoms with Crippen LogP contribution in [0.4, 0.5) is 0 Å². The second-order valence-electron chi connectivity index (χ2n) is 5.66. The Hall–Kier alpha value is -1.22. The van der Waals surface area contributed by atoms with Gasteiger partial charge in [-0.1, -0.05) is 20.8 Å². The molecule has 0 saturated carbocycles. The quantitative estimate of drug-likeness (QED) is 0.851. The number of hydrogen-bond acceptors (Lipinski definition) is 3. The molecule has 3 nitrogen and oxygen atoms in total. The van der Waals surface area contributed by atoms with E-state index in [1.165, 1.54) is 11.1 Å². The van der Waals surface area contributed by atoms with Crippen molar-refractivity contribution in [2.45, 2.75) is 52.5 Å². The van der Waals surface area contributed by atoms with Crippen LogP contribution in [0.25, 0.3) is 0 Å². The Balaban J connectivity index is 2.35. The van der Waals surface area contributed by atoms with E-state index >= 15 is 0 Å². The van der Waals surface area contributed by atoms with Gasteiger partial charge in [0, 0.05) is 12.6 Å². The summed E-state index contributed by atoms with van der Waals surface area (Å²) in [5.41, 5.74) is 2.74. The first-order chi connectivity index (χ1) is 9.67. The van der Waals surface area contributed by atoms with E-state index in [0.29, 0.717) is 12.0 Å². The molecular weight excluding hydrogens is 250 g/mol. The molecule has 2 atom stereocenters. The normalized spacial score (nSPS) is 21.4. The van der Waals surface area contributed by atoms with Crippen LogP contribution in [0.3, 0.4) is 0 Å². The first kappa shape index (κ1) is 15.2. The Morgan fingerprint density at radius 1 is 1.00 bits per heavy atom. The van der Waals surface area contributed by atoms with Gasteiger partial charge in [-0.05, 0) is 48.9 Å². The molecule has 0 fully saturated rings. The van der Waals surface area contributed by atoms with Crippen molar-refractivity contribution in [2.75, 3.05) is 19.8 Å². The van der Waals surface area contributed by atoms with Crippen LogP contribution in [-0.4, -0.2) is 19.8 Å². The molecule has 1 aromatic rings. The van der Waals surface area contributed by atoms with Crippen molar-refractivity contribution in [3.63, 3.8) is 0 Å². The monoisotopic (exact) mass is 277 g/mol. The Kier molecular flexibility index (Phi) is 5.30. The topological polar surface area (TPSA) is 30.5 Å². The van der Waals surface area contributed by atoms with Gasteiger partial charge in [0.2, 0.25) is 0 Å². The lowest BCUT2D eigenvalue weighted by atomic mass is 9.88. The number of ether oxygens (including phenoxy) is 2. The molecule has 0 amide bonds. The average Bonchev–Trinajstić information content (AvgIpc) is 2.46. The summed E-state index contributed by atoms with van der Waals surface area (Å²) in [5.74, 6) is 2.31. The van der Waals surface area contributed by atoms with E-state index in [0.717, 1.165) is 44.1 Å². The van der Waals surface area contributed by atoms with Crippen molar-refractivity contribution in [3.8, 4) is 11.5 Å². The first-order valence-corrected chi connectivity index (χ1v) is 7.84. The highest BCUT2D eigenvalue weighted by molar-refractivity contribution is 5.50. The molecule has 1 aliphatic heterocycles. The number of rotatable bonds is 6. The van der Waals surface area contributed by atoms with Crippen molar-refractivity contribution in [3.05, 3.63) is 23.3 Å². The molecule has 0 aromatic heterocycles. The number of hydrogen-bond donors (Lipinski definition) is 1. The highest BCUT2D eigenvalue weighted by atomic mass is 16.5. The lowest BCUT2D eigenvalue weighted by Crippen LogP contribution is -2.30. The molecular formula is C17H27NO2. The zero-order valence-corrected chi connectivity index (χ0v) is 13.2. The van der Waals surface area contributed by atoms with Gasteiger partial charge in [0.25, 0.3) is 0 Å². The van der Waals surface area contributed by atoms with Crippen LogP contribution in [0.1, 0.15) is 63.6 Å². The maximum absolute atomic E-state index is 5.89. The molecule has 0 saturated heterocycles. The summed E-state index contributed by atoms with van der Waals surface area (Å²) in [5, 5.41) is 3.54. The van der Waals surface area contributed by atoms with Gasteiger partial charge in [-0.3, -0.25) is 0 Å². The third-order valence-corrected chi connectivity index (χ3v) is 3.80. The van der Waals surface area contributed by atoms with Crippen molar-refractivity contribution in [2.24, 2.45) is 0 Å². The zero-order chi connectivity index (χ0) is 14.5. The third kappa shape index (κ3) is 3.26. The highest BCUT2D eigenvalue weighted by Crippen LogP contribution is 2.39. The summed E-state index contributed by atoms with van der Waals surface area (Å²) in [6.07, 6.45) is 2.02. The van der Waals surface area contributed by atoms with Crippen LogP contribution >= 0.6 is 0 Å². The minimum absolute atomic E-state index is 0.380. The summed E-state index contributed by atoms with van der Waals surface area (Å²) < 4.78 is 11.8. The van der Waals surface area contributed by atoms with Crippen molar-refractivity contribution in [1.29, 1.82) is 0 Å². The maximum Gasteiger partial charge on any atom is 0.161 e. The summed E-state index contributed by atoms with van der Waals surface area (Å²) in [6.45, 7) is 11.2. The van der Waals surface area contributed by atoms with E-state index < -0.39 is 0 Å². The van der Waals surface area contributed by atoms with Gasteiger partial charge >= 0.3 is 0 Å². The number of benzene rings is 1. The second kappa shape index (κ2) is 6.98. The predicted molar refractivity (Wildman–Crippen MR) is 82.8 cm³/mol. The van der Waals surface area contributed by atoms with Crippen LogP contribution < -0.4 is 14.8 Å². The minimum atomic E-state index is 0.380. The molecule has 0 radical (unpaired) electrons. The molecule has 3 heteroatoms. The number of fused-ring (bicyclic) bond motifs is 1. The van der Waals surface area contributed by atoms with Crippen molar-refractivity contribution < 1.29 is 9.47 Å². The molecule has 2 rings (SSSR count). The molecule has 20 heavy (non-hydrogen) atoms. The predicted octanol–water partition coefficient (Wildman–Crippen LogP) is 4.03. The van der Waals surface area contributed by atoms with Crippen LogP contribution in [0.2, 0.25) is 0 Å². The van der Waals surface area contributed by atoms with E-state index in [-0.39, 0.29) is 0 Å². The SMILES string of the molecule is CCCOc1cc2c(cc1OCCC)C(C)NCC2C. The van der Waals surface area contributed by atoms with Gasteiger partial charge in [0.05, 0.1) is 13.2 Å². The van der Waals surface area contributed by atoms with Gasteiger partial charge in [0.15, 0.2) is 11.5 Å². The fraction of sp³-hybridized carbons (Fsp3) is 0.647. The summed E-state index contributed by atoms with van der Waals surface area (Å²) in [4.78, 5) is 0. The van der Waals surface area contributed by atoms with Gasteiger partial charge in [-0.2, -0.15) is 0 Å². The van der Waals surface area contributed by atoms with Gasteiger partial charge in [-0.15, -0.1) is 0 Å². The molecule has 1 aromatic carbocycles. The van der Waals surface area contributed by atoms with E-state index in [2.05, 4.69) is 45.1 Å². The fourth-order valence-corrected chi connectivity index (χ4v) is 2.62. The minimum Gasteiger partial charge on any atom is -0.490 e. The molecule has 1 heterocycles. The van der Waals surface area contributed by atoms with Gasteiger partial charge < -0.3 is 14.8 Å². The van der Waals surface area contributed by atoms with E-state index in [1.54, 1.807) is 0 Å². The maximum atomic E-state index is 5.89. The zero-order valence-electron chi connectivity index (χ0n) is 13.2. The van der Waals surface area contributed by atoms with Gasteiger partial charge in [0.1, 0.15) is 0 Å². The Labute approximate surface area is 122 Å². The Morgan fingerprint density at radius 3 is 2.10 bits per heavy atom. The van der Waals surface area contributed by atoms with Crippen molar-refractivity contribution in [1.82, 2.24) is 5.32 Å². The largest absolute Gasteiger partial charge is 0.490 e. The molecule has 0 spiro atoms. The summed E-state index contributed by atoms with van der Waals surface area (Å²) in [7, 11) is 0. The standard InChI is InChI=1S/C17H27NO2/c1-5-7-19-16-9-14-12(3)11-18-13(4)15(14)10-17(16)20-8-6-2/h9-10,12-13,18H,5-8,11H2,1-4H3. The van der Waals surface area contributed by atoms with Crippen LogP contribution in [0.15, 0.2) is 12.1 Å². The van der Waals surface area contributed by atoms with E-state index in [4.69, 9.17) is 9.47 Å². The lowest BCUT2D eigenvalue weighted by molar-refractivity contribution is 0.267. The van der Waals surface area contributed by atoms with Gasteiger partial charge in [-0.25, -0.2) is 0 Å². The van der Waals surface area contributed by atoms with E-state index in [1.807, 2.05) is 0 Å². The lowest BCUT2D eigenvalue weighted by Gasteiger charge is -2.30. The Morgan fingerprint density at radius 2 is 1.55 bits per heavy atom. The van der Waals surface area contributed by atoms with Crippen LogP contribution in [0, 0.1) is 0 Å². The first-order valence-electron chi connectivity index (χ1n) is 7.84. The summed E-state index contributed by atoms with van der Waals surface area (Å²) >= 11 is 0. The van der Waals surface area contributed by atoms with Crippen LogP contribution in [0.5, 0.6) is 11.5 Å². The van der Waals surface area contributed by atoms with E-state index in [9.17, 15) is 0 Å². The molecule has 2 unspecified atom stereocenters. The molecule has 1 N–H and O–H groups in total. The molecule has 112 valence electrons. The Bertz CT molecular complexity index is 404. The molecule has 1 aliphatic rings. The van der Waals surface area contributed by atoms with Crippen LogP contribution in [-0.2, 0) is 0 Å². The average molecular weight is 277 g/mol. The molecule has 0 bridgehead atoms. The fourth-order valence-electron chi connectivity index (χ4n) is 2.62. The summed E-state index contributed by atoms with van der Waals surface area (Å²) in [6, 6.07) is 4.74. The second-order valence-corrected chi connectivity index (χ2v) is 5.66. The third-order valence-electron chi connectivity index (χ3n) is 3.80. The smallest absolute Gasteiger partial charge is 0.161 e.